The number of ether oxygens (including phenoxy) is 4. The summed E-state index contributed by atoms with van der Waals surface area (Å²) >= 11 is 0. The minimum Gasteiger partial charge on any atom is -0.496 e. The monoisotopic (exact) mass is 822 g/mol. The van der Waals surface area contributed by atoms with Crippen molar-refractivity contribution in [1.82, 2.24) is 14.8 Å². The van der Waals surface area contributed by atoms with Crippen LogP contribution in [0, 0.1) is 16.7 Å². The fourth-order valence-corrected chi connectivity index (χ4v) is 13.8. The van der Waals surface area contributed by atoms with E-state index in [0.717, 1.165) is 34.1 Å². The molecular formula is C47H58N4O9. The number of hydrogen-bond acceptors (Lipinski definition) is 11. The average molecular weight is 823 g/mol. The van der Waals surface area contributed by atoms with Crippen molar-refractivity contribution in [2.45, 2.75) is 101 Å². The number of hydrogen-bond donors (Lipinski definition) is 2. The first-order valence-electron chi connectivity index (χ1n) is 21.5. The summed E-state index contributed by atoms with van der Waals surface area (Å²) in [7, 11) is 4.33. The number of piperidine rings is 1. The van der Waals surface area contributed by atoms with E-state index in [-0.39, 0.29) is 12.0 Å². The number of rotatable bonds is 8. The first-order valence-corrected chi connectivity index (χ1v) is 21.5. The normalized spacial score (nSPS) is 36.5. The van der Waals surface area contributed by atoms with Crippen LogP contribution >= 0.6 is 0 Å². The summed E-state index contributed by atoms with van der Waals surface area (Å²) in [6.45, 7) is 10.5. The molecule has 0 radical (unpaired) electrons. The van der Waals surface area contributed by atoms with E-state index < -0.39 is 57.3 Å². The number of aromatic amines is 1. The van der Waals surface area contributed by atoms with Crippen LogP contribution in [-0.4, -0.2) is 122 Å². The number of fused-ring (bicyclic) bond motifs is 6. The van der Waals surface area contributed by atoms with Crippen molar-refractivity contribution in [1.29, 1.82) is 0 Å². The van der Waals surface area contributed by atoms with Crippen LogP contribution in [0.25, 0.3) is 10.9 Å². The minimum atomic E-state index is -1.53. The van der Waals surface area contributed by atoms with Gasteiger partial charge in [-0.15, -0.1) is 0 Å². The van der Waals surface area contributed by atoms with Crippen LogP contribution in [0.15, 0.2) is 48.6 Å². The van der Waals surface area contributed by atoms with Gasteiger partial charge in [0.15, 0.2) is 0 Å². The third-order valence-corrected chi connectivity index (χ3v) is 15.9. The summed E-state index contributed by atoms with van der Waals surface area (Å²) in [5, 5.41) is 13.0. The van der Waals surface area contributed by atoms with Crippen molar-refractivity contribution in [3.05, 3.63) is 70.9 Å². The van der Waals surface area contributed by atoms with E-state index in [9.17, 15) is 19.5 Å². The lowest BCUT2D eigenvalue weighted by Gasteiger charge is -2.64. The van der Waals surface area contributed by atoms with Gasteiger partial charge < -0.3 is 33.9 Å². The Balaban J connectivity index is 1.38. The number of nitrogens with one attached hydrogen (secondary N) is 1. The van der Waals surface area contributed by atoms with E-state index >= 15 is 4.79 Å². The minimum absolute atomic E-state index is 0.115. The molecule has 1 aliphatic carbocycles. The Hall–Kier alpha value is -4.72. The number of carbonyl (C=O) groups is 4. The molecule has 2 N–H and O–H groups in total. The first-order chi connectivity index (χ1) is 28.8. The standard InChI is InChI=1S/C47H58N4O9/c1-8-44(56)23-29-24-47(42(55)59-7,37-31(15-19-49(25-29)26-44)30-13-10-11-14-34(30)48-37)33-21-32-35(22-36(33)57-5)51(27-52)38-43(4,41(54)58-6)40(60-28(3)53)45(9-2)16-12-18-50-20-17-46(32,38)39(45)50/h10-14,16,21-22,27,29,38-40,48,56H,8-9,15,17-20,23-26H2,1-7H3/t29-,38+,39+,40+,43-,44+,45-,46+,47+/m1/s1. The maximum atomic E-state index is 15.4. The van der Waals surface area contributed by atoms with E-state index in [0.29, 0.717) is 88.2 Å². The van der Waals surface area contributed by atoms with Crippen LogP contribution in [0.5, 0.6) is 5.75 Å². The van der Waals surface area contributed by atoms with Crippen molar-refractivity contribution in [3.63, 3.8) is 0 Å². The van der Waals surface area contributed by atoms with Gasteiger partial charge in [0.25, 0.3) is 0 Å². The molecule has 60 heavy (non-hydrogen) atoms. The topological polar surface area (TPSA) is 151 Å². The number of anilines is 1. The van der Waals surface area contributed by atoms with Gasteiger partial charge in [0.2, 0.25) is 6.41 Å². The van der Waals surface area contributed by atoms with Crippen molar-refractivity contribution in [2.75, 3.05) is 59.0 Å². The van der Waals surface area contributed by atoms with E-state index in [1.54, 1.807) is 18.9 Å². The van der Waals surface area contributed by atoms with Crippen LogP contribution in [0.3, 0.4) is 0 Å². The van der Waals surface area contributed by atoms with Gasteiger partial charge in [-0.05, 0) is 81.2 Å². The maximum Gasteiger partial charge on any atom is 0.322 e. The molecule has 3 aromatic rings. The molecule has 2 saturated heterocycles. The predicted octanol–water partition coefficient (Wildman–Crippen LogP) is 4.79. The molecule has 1 amide bonds. The average Bonchev–Trinajstić information content (AvgIpc) is 3.92. The molecule has 13 heteroatoms. The number of para-hydroxylation sites is 1. The smallest absolute Gasteiger partial charge is 0.322 e. The highest BCUT2D eigenvalue weighted by Crippen LogP contribution is 2.70. The van der Waals surface area contributed by atoms with Crippen LogP contribution in [0.2, 0.25) is 0 Å². The summed E-state index contributed by atoms with van der Waals surface area (Å²) in [6, 6.07) is 10.9. The Morgan fingerprint density at radius 1 is 0.983 bits per heavy atom. The summed E-state index contributed by atoms with van der Waals surface area (Å²) < 4.78 is 24.3. The summed E-state index contributed by atoms with van der Waals surface area (Å²) in [5.74, 6) is -1.29. The maximum absolute atomic E-state index is 15.4. The zero-order chi connectivity index (χ0) is 42.6. The van der Waals surface area contributed by atoms with E-state index in [1.807, 2.05) is 31.2 Å². The SMILES string of the molecule is CC[C@]1(O)C[C@H]2CN(CCc3c([nH]c4ccccc34)[C@@](C(=O)OC)(c3cc4c(cc3OC)N(C=O)[C@H]3[C@@](C)(C(=O)OC)[C@H](OC(C)=O)[C@]5(CC)C=CCN6CC[C@]43[C@@H]65)C2)C1. The molecule has 1 aromatic heterocycles. The molecule has 5 aliphatic heterocycles. The lowest BCUT2D eigenvalue weighted by molar-refractivity contribution is -0.203. The van der Waals surface area contributed by atoms with Crippen LogP contribution < -0.4 is 9.64 Å². The summed E-state index contributed by atoms with van der Waals surface area (Å²) in [4.78, 5) is 67.1. The Morgan fingerprint density at radius 3 is 2.43 bits per heavy atom. The van der Waals surface area contributed by atoms with Crippen molar-refractivity contribution in [3.8, 4) is 5.75 Å². The number of benzene rings is 2. The molecular weight excluding hydrogens is 765 g/mol. The lowest BCUT2D eigenvalue weighted by Crippen LogP contribution is -2.77. The summed E-state index contributed by atoms with van der Waals surface area (Å²) in [5.41, 5.74) is -1.04. The van der Waals surface area contributed by atoms with Gasteiger partial charge in [0, 0.05) is 78.2 Å². The molecule has 9 rings (SSSR count). The molecule has 10 atom stereocenters. The number of nitrogens with zero attached hydrogens (tertiary/aromatic N) is 3. The molecule has 2 aromatic carbocycles. The van der Waals surface area contributed by atoms with Gasteiger partial charge in [-0.25, -0.2) is 0 Å². The third-order valence-electron chi connectivity index (χ3n) is 15.9. The quantitative estimate of drug-likeness (QED) is 0.140. The highest BCUT2D eigenvalue weighted by atomic mass is 16.6. The molecule has 6 heterocycles. The third kappa shape index (κ3) is 5.20. The van der Waals surface area contributed by atoms with Gasteiger partial charge in [-0.2, -0.15) is 0 Å². The molecule has 1 unspecified atom stereocenters. The molecule has 320 valence electrons. The molecule has 1 saturated carbocycles. The summed E-state index contributed by atoms with van der Waals surface area (Å²) in [6.07, 6.45) is 7.17. The second-order valence-electron chi connectivity index (χ2n) is 18.6. The fraction of sp³-hybridized carbons (Fsp3) is 0.574. The molecule has 6 aliphatic rings. The van der Waals surface area contributed by atoms with Crippen molar-refractivity contribution < 1.29 is 43.2 Å². The molecule has 13 nitrogen and oxygen atoms in total. The zero-order valence-corrected chi connectivity index (χ0v) is 35.8. The fourth-order valence-electron chi connectivity index (χ4n) is 13.8. The van der Waals surface area contributed by atoms with Gasteiger partial charge in [0.1, 0.15) is 22.7 Å². The highest BCUT2D eigenvalue weighted by molar-refractivity contribution is 5.96. The predicted molar refractivity (Wildman–Crippen MR) is 224 cm³/mol. The Kier molecular flexibility index (Phi) is 9.61. The van der Waals surface area contributed by atoms with Crippen molar-refractivity contribution >= 4 is 40.9 Å². The Bertz CT molecular complexity index is 2310. The molecule has 1 spiro atoms. The molecule has 2 bridgehead atoms. The van der Waals surface area contributed by atoms with Crippen LogP contribution in [0.4, 0.5) is 5.69 Å². The van der Waals surface area contributed by atoms with Gasteiger partial charge in [0.05, 0.1) is 38.7 Å². The van der Waals surface area contributed by atoms with Crippen LogP contribution in [0.1, 0.15) is 82.2 Å². The number of aromatic nitrogens is 1. The zero-order valence-electron chi connectivity index (χ0n) is 35.8. The van der Waals surface area contributed by atoms with E-state index in [4.69, 9.17) is 18.9 Å². The Morgan fingerprint density at radius 2 is 1.75 bits per heavy atom. The number of H-pyrrole nitrogens is 1. The van der Waals surface area contributed by atoms with Crippen LogP contribution in [-0.2, 0) is 50.6 Å². The van der Waals surface area contributed by atoms with Crippen molar-refractivity contribution in [2.24, 2.45) is 16.7 Å². The second-order valence-corrected chi connectivity index (χ2v) is 18.6. The Labute approximate surface area is 351 Å². The van der Waals surface area contributed by atoms with E-state index in [2.05, 4.69) is 46.0 Å². The number of esters is 3. The number of aliphatic hydroxyl groups is 1. The largest absolute Gasteiger partial charge is 0.496 e. The van der Waals surface area contributed by atoms with Gasteiger partial charge >= 0.3 is 17.9 Å². The second kappa shape index (κ2) is 14.2. The number of methoxy groups -OCH3 is 3. The highest BCUT2D eigenvalue weighted by Gasteiger charge is 2.79. The number of amides is 1. The molecule has 3 fully saturated rings. The first kappa shape index (κ1) is 40.7. The number of carbonyl (C=O) groups excluding carboxylic acids is 4. The lowest BCUT2D eigenvalue weighted by atomic mass is 9.45. The van der Waals surface area contributed by atoms with E-state index in [1.165, 1.54) is 21.1 Å². The van der Waals surface area contributed by atoms with Gasteiger partial charge in [-0.3, -0.25) is 29.0 Å². The van der Waals surface area contributed by atoms with Gasteiger partial charge in [-0.1, -0.05) is 44.2 Å².